The van der Waals surface area contributed by atoms with E-state index < -0.39 is 18.4 Å². The number of ether oxygens (including phenoxy) is 1. The van der Waals surface area contributed by atoms with Crippen LogP contribution in [-0.2, 0) is 11.8 Å². The highest BCUT2D eigenvalue weighted by molar-refractivity contribution is 7.13. The van der Waals surface area contributed by atoms with Gasteiger partial charge in [-0.25, -0.2) is 9.37 Å². The maximum absolute atomic E-state index is 13.9. The van der Waals surface area contributed by atoms with Crippen molar-refractivity contribution < 1.29 is 14.2 Å². The van der Waals surface area contributed by atoms with Crippen LogP contribution in [0.3, 0.4) is 0 Å². The van der Waals surface area contributed by atoms with E-state index in [1.165, 1.54) is 11.3 Å². The Morgan fingerprint density at radius 3 is 3.07 bits per heavy atom. The molecule has 1 aliphatic heterocycles. The number of aliphatic hydroxyl groups is 1. The maximum atomic E-state index is 13.9. The normalized spacial score (nSPS) is 23.2. The van der Waals surface area contributed by atoms with Crippen molar-refractivity contribution in [2.45, 2.75) is 44.3 Å². The van der Waals surface area contributed by atoms with E-state index in [4.69, 9.17) is 10.5 Å². The minimum absolute atomic E-state index is 0.0577. The van der Waals surface area contributed by atoms with Crippen LogP contribution in [0, 0.1) is 6.92 Å². The van der Waals surface area contributed by atoms with Gasteiger partial charge in [-0.15, -0.1) is 11.3 Å². The number of halogens is 1. The number of nitrogens with two attached hydrogens (primary N) is 1. The summed E-state index contributed by atoms with van der Waals surface area (Å²) < 4.78 is 21.3. The van der Waals surface area contributed by atoms with Crippen molar-refractivity contribution in [3.63, 3.8) is 0 Å². The van der Waals surface area contributed by atoms with E-state index in [-0.39, 0.29) is 12.7 Å². The summed E-state index contributed by atoms with van der Waals surface area (Å²) in [6, 6.07) is 3.32. The summed E-state index contributed by atoms with van der Waals surface area (Å²) in [6.45, 7) is 1.92. The summed E-state index contributed by atoms with van der Waals surface area (Å²) in [5, 5.41) is 20.6. The molecule has 8 nitrogen and oxygen atoms in total. The average Bonchev–Trinajstić information content (AvgIpc) is 3.32. The quantitative estimate of drug-likeness (QED) is 0.532. The highest BCUT2D eigenvalue weighted by atomic mass is 32.1. The van der Waals surface area contributed by atoms with E-state index in [2.05, 4.69) is 20.4 Å². The Labute approximate surface area is 177 Å². The Bertz CT molecular complexity index is 997. The Morgan fingerprint density at radius 1 is 1.43 bits per heavy atom. The lowest BCUT2D eigenvalue weighted by atomic mass is 10.0. The van der Waals surface area contributed by atoms with Crippen molar-refractivity contribution in [2.24, 2.45) is 12.8 Å². The molecule has 4 rings (SSSR count). The van der Waals surface area contributed by atoms with Gasteiger partial charge in [0.05, 0.1) is 24.2 Å². The Hall–Kier alpha value is -2.40. The van der Waals surface area contributed by atoms with Crippen LogP contribution in [0.4, 0.5) is 10.1 Å². The number of hydrogen-bond acceptors (Lipinski definition) is 8. The van der Waals surface area contributed by atoms with Gasteiger partial charge in [0.25, 0.3) is 0 Å². The zero-order valence-corrected chi connectivity index (χ0v) is 17.6. The first-order valence-electron chi connectivity index (χ1n) is 9.79. The van der Waals surface area contributed by atoms with Crippen molar-refractivity contribution in [1.82, 2.24) is 19.7 Å². The van der Waals surface area contributed by atoms with Crippen LogP contribution in [0.15, 0.2) is 29.9 Å². The molecule has 0 bridgehead atoms. The number of hydrogen-bond donors (Lipinski definition) is 3. The number of pyridine rings is 1. The lowest BCUT2D eigenvalue weighted by molar-refractivity contribution is 0.0246. The predicted molar refractivity (Wildman–Crippen MR) is 113 cm³/mol. The number of nitrogens with zero attached hydrogens (tertiary/aromatic N) is 4. The number of aromatic nitrogens is 4. The minimum Gasteiger partial charge on any atom is -0.369 e. The molecule has 4 atom stereocenters. The second kappa shape index (κ2) is 8.76. The molecule has 1 aliphatic rings. The fourth-order valence-electron chi connectivity index (χ4n) is 3.55. The van der Waals surface area contributed by atoms with E-state index in [9.17, 15) is 9.50 Å². The van der Waals surface area contributed by atoms with Crippen LogP contribution in [-0.4, -0.2) is 43.7 Å². The van der Waals surface area contributed by atoms with E-state index in [1.807, 2.05) is 19.1 Å². The Kier molecular flexibility index (Phi) is 6.09. The van der Waals surface area contributed by atoms with Gasteiger partial charge in [0, 0.05) is 24.7 Å². The van der Waals surface area contributed by atoms with Gasteiger partial charge in [-0.05, 0) is 31.4 Å². The Balaban J connectivity index is 1.52. The Morgan fingerprint density at radius 2 is 2.27 bits per heavy atom. The topological polar surface area (TPSA) is 111 Å². The van der Waals surface area contributed by atoms with Crippen LogP contribution in [0.1, 0.15) is 42.1 Å². The molecule has 1 fully saturated rings. The molecule has 1 unspecified atom stereocenters. The summed E-state index contributed by atoms with van der Waals surface area (Å²) in [6.07, 6.45) is 1.85. The van der Waals surface area contributed by atoms with Gasteiger partial charge >= 0.3 is 0 Å². The molecule has 3 aromatic rings. The second-order valence-electron chi connectivity index (χ2n) is 7.44. The predicted octanol–water partition coefficient (Wildman–Crippen LogP) is 2.87. The molecule has 30 heavy (non-hydrogen) atoms. The van der Waals surface area contributed by atoms with Gasteiger partial charge in [0.1, 0.15) is 28.7 Å². The molecular weight excluding hydrogens is 407 g/mol. The summed E-state index contributed by atoms with van der Waals surface area (Å²) in [5.74, 6) is 0. The number of thiazole rings is 1. The van der Waals surface area contributed by atoms with Crippen molar-refractivity contribution in [2.75, 3.05) is 11.9 Å². The molecule has 4 heterocycles. The first-order chi connectivity index (χ1) is 14.4. The minimum atomic E-state index is -1.19. The van der Waals surface area contributed by atoms with Gasteiger partial charge in [-0.1, -0.05) is 6.07 Å². The molecule has 0 aromatic carbocycles. The molecule has 0 amide bonds. The summed E-state index contributed by atoms with van der Waals surface area (Å²) >= 11 is 1.42. The lowest BCUT2D eigenvalue weighted by Gasteiger charge is -2.19. The molecule has 0 radical (unpaired) electrons. The van der Waals surface area contributed by atoms with Gasteiger partial charge in [-0.2, -0.15) is 5.10 Å². The first-order valence-corrected chi connectivity index (χ1v) is 10.7. The average molecular weight is 433 g/mol. The van der Waals surface area contributed by atoms with Crippen LogP contribution in [0.2, 0.25) is 0 Å². The second-order valence-corrected chi connectivity index (χ2v) is 8.30. The smallest absolute Gasteiger partial charge is 0.169 e. The fraction of sp³-hybridized carbons (Fsp3) is 0.450. The monoisotopic (exact) mass is 432 g/mol. The zero-order chi connectivity index (χ0) is 21.3. The number of rotatable bonds is 5. The van der Waals surface area contributed by atoms with Crippen LogP contribution < -0.4 is 11.1 Å². The van der Waals surface area contributed by atoms with Crippen molar-refractivity contribution in [3.8, 4) is 10.7 Å². The van der Waals surface area contributed by atoms with Crippen LogP contribution >= 0.6 is 11.3 Å². The van der Waals surface area contributed by atoms with Crippen molar-refractivity contribution >= 4 is 17.0 Å². The summed E-state index contributed by atoms with van der Waals surface area (Å²) in [5.41, 5.74) is 9.50. The third-order valence-corrected chi connectivity index (χ3v) is 6.15. The standard InChI is InChI=1S/C20H25FN6O2S/c1-11-4-3-7-23-17(11)20-26-15(10-30-20)19(28)25-14-8-24-27(2)18(14)16-6-5-13(22)12(21)9-29-16/h3-4,7-8,10,12-13,16,19,25,28H,5-6,9,22H2,1-2H3/t12-,13-,16+,19?/m1/s1. The van der Waals surface area contributed by atoms with Crippen molar-refractivity contribution in [1.29, 1.82) is 0 Å². The molecule has 4 N–H and O–H groups in total. The molecule has 0 aliphatic carbocycles. The van der Waals surface area contributed by atoms with Gasteiger partial charge < -0.3 is 20.9 Å². The molecule has 3 aromatic heterocycles. The van der Waals surface area contributed by atoms with Gasteiger partial charge in [0.2, 0.25) is 0 Å². The lowest BCUT2D eigenvalue weighted by Crippen LogP contribution is -2.32. The van der Waals surface area contributed by atoms with Crippen molar-refractivity contribution in [3.05, 3.63) is 46.9 Å². The zero-order valence-electron chi connectivity index (χ0n) is 16.8. The highest BCUT2D eigenvalue weighted by Crippen LogP contribution is 2.34. The molecule has 1 saturated heterocycles. The first kappa shape index (κ1) is 20.9. The molecule has 0 saturated carbocycles. The van der Waals surface area contributed by atoms with Crippen LogP contribution in [0.5, 0.6) is 0 Å². The fourth-order valence-corrected chi connectivity index (χ4v) is 4.44. The number of nitrogens with one attached hydrogen (secondary N) is 1. The third kappa shape index (κ3) is 4.22. The SMILES string of the molecule is Cc1cccnc1-c1nc(C(O)Nc2cnn(C)c2[C@@H]2CC[C@@H](N)[C@H](F)CO2)cs1. The molecule has 0 spiro atoms. The molecule has 160 valence electrons. The third-order valence-electron chi connectivity index (χ3n) is 5.28. The maximum Gasteiger partial charge on any atom is 0.169 e. The van der Waals surface area contributed by atoms with E-state index in [1.54, 1.807) is 29.5 Å². The summed E-state index contributed by atoms with van der Waals surface area (Å²) in [7, 11) is 1.79. The number of aryl methyl sites for hydroxylation is 2. The van der Waals surface area contributed by atoms with Gasteiger partial charge in [-0.3, -0.25) is 9.67 Å². The largest absolute Gasteiger partial charge is 0.369 e. The van der Waals surface area contributed by atoms with E-state index in [0.29, 0.717) is 24.2 Å². The van der Waals surface area contributed by atoms with Gasteiger partial charge in [0.15, 0.2) is 6.23 Å². The number of aliphatic hydroxyl groups excluding tert-OH is 1. The van der Waals surface area contributed by atoms with E-state index in [0.717, 1.165) is 22.0 Å². The molecule has 10 heteroatoms. The number of anilines is 1. The highest BCUT2D eigenvalue weighted by Gasteiger charge is 2.30. The number of alkyl halides is 1. The van der Waals surface area contributed by atoms with E-state index >= 15 is 0 Å². The summed E-state index contributed by atoms with van der Waals surface area (Å²) in [4.78, 5) is 8.92. The molecular formula is C20H25FN6O2S. The van der Waals surface area contributed by atoms with Crippen LogP contribution in [0.25, 0.3) is 10.7 Å².